The Morgan fingerprint density at radius 2 is 2.17 bits per heavy atom. The van der Waals surface area contributed by atoms with Gasteiger partial charge in [0.05, 0.1) is 6.61 Å². The Hall–Kier alpha value is -0.510. The quantitative estimate of drug-likeness (QED) is 0.724. The van der Waals surface area contributed by atoms with Crippen LogP contribution in [0.2, 0.25) is 0 Å². The summed E-state index contributed by atoms with van der Waals surface area (Å²) in [5.74, 6) is 4.00. The highest BCUT2D eigenvalue weighted by atomic mass is 32.2. The molecule has 0 amide bonds. The van der Waals surface area contributed by atoms with Crippen molar-refractivity contribution in [2.45, 2.75) is 69.7 Å². The molecule has 2 aliphatic carbocycles. The van der Waals surface area contributed by atoms with Gasteiger partial charge in [-0.15, -0.1) is 0 Å². The third-order valence-corrected chi connectivity index (χ3v) is 7.08. The van der Waals surface area contributed by atoms with Crippen LogP contribution in [0, 0.1) is 5.92 Å². The summed E-state index contributed by atoms with van der Waals surface area (Å²) >= 11 is 2.07. The molecular formula is C21H33NOS. The first-order valence-corrected chi connectivity index (χ1v) is 10.9. The Morgan fingerprint density at radius 3 is 2.92 bits per heavy atom. The molecule has 1 aromatic rings. The maximum Gasteiger partial charge on any atom is 0.0611 e. The first-order valence-electron chi connectivity index (χ1n) is 9.73. The molecule has 0 radical (unpaired) electrons. The van der Waals surface area contributed by atoms with Crippen LogP contribution in [0.3, 0.4) is 0 Å². The van der Waals surface area contributed by atoms with E-state index >= 15 is 0 Å². The third kappa shape index (κ3) is 4.36. The van der Waals surface area contributed by atoms with Crippen LogP contribution in [-0.2, 0) is 12.8 Å². The summed E-state index contributed by atoms with van der Waals surface area (Å²) in [6.07, 6.45) is 9.64. The van der Waals surface area contributed by atoms with Crippen molar-refractivity contribution in [3.8, 4) is 0 Å². The van der Waals surface area contributed by atoms with Crippen molar-refractivity contribution in [3.05, 3.63) is 34.9 Å². The summed E-state index contributed by atoms with van der Waals surface area (Å²) < 4.78 is 0. The van der Waals surface area contributed by atoms with Crippen LogP contribution in [0.4, 0.5) is 0 Å². The van der Waals surface area contributed by atoms with Crippen LogP contribution in [0.15, 0.2) is 18.2 Å². The fourth-order valence-electron chi connectivity index (χ4n) is 4.55. The van der Waals surface area contributed by atoms with Crippen molar-refractivity contribution in [3.63, 3.8) is 0 Å². The molecule has 2 nitrogen and oxygen atoms in total. The van der Waals surface area contributed by atoms with Crippen LogP contribution >= 0.6 is 11.8 Å². The fraction of sp³-hybridized carbons (Fsp3) is 0.714. The molecule has 2 aliphatic rings. The highest BCUT2D eigenvalue weighted by molar-refractivity contribution is 7.99. The monoisotopic (exact) mass is 347 g/mol. The molecule has 3 atom stereocenters. The second-order valence-electron chi connectivity index (χ2n) is 7.94. The molecule has 0 saturated heterocycles. The Kier molecular flexibility index (Phi) is 6.28. The zero-order chi connectivity index (χ0) is 17.0. The Balaban J connectivity index is 1.58. The second-order valence-corrected chi connectivity index (χ2v) is 9.33. The molecule has 1 aromatic carbocycles. The third-order valence-electron chi connectivity index (χ3n) is 6.10. The number of aryl methyl sites for hydroxylation is 1. The zero-order valence-corrected chi connectivity index (χ0v) is 15.9. The van der Waals surface area contributed by atoms with Crippen LogP contribution in [0.1, 0.15) is 68.1 Å². The van der Waals surface area contributed by atoms with Crippen molar-refractivity contribution in [2.24, 2.45) is 11.7 Å². The van der Waals surface area contributed by atoms with Crippen LogP contribution in [0.5, 0.6) is 0 Å². The molecule has 1 fully saturated rings. The first kappa shape index (κ1) is 18.3. The van der Waals surface area contributed by atoms with Crippen LogP contribution in [0.25, 0.3) is 0 Å². The van der Waals surface area contributed by atoms with E-state index in [1.165, 1.54) is 49.2 Å². The molecule has 3 heteroatoms. The van der Waals surface area contributed by atoms with Gasteiger partial charge in [-0.05, 0) is 91.4 Å². The van der Waals surface area contributed by atoms with E-state index in [-0.39, 0.29) is 12.1 Å². The standard InChI is InChI=1S/C21H33NOS/c1-2-24-11-3-4-16-5-6-18-13-19(8-7-17(18)12-16)20-9-10-21(22,14-20)15-23/h7-8,13,16,20,23H,2-6,9-12,14-15,22H2,1H3/t16-,20-,21+/m0/s1. The number of fused-ring (bicyclic) bond motifs is 1. The number of thioether (sulfide) groups is 1. The lowest BCUT2D eigenvalue weighted by atomic mass is 9.80. The molecular weight excluding hydrogens is 314 g/mol. The molecule has 3 N–H and O–H groups in total. The minimum absolute atomic E-state index is 0.117. The minimum atomic E-state index is -0.345. The Morgan fingerprint density at radius 1 is 1.29 bits per heavy atom. The summed E-state index contributed by atoms with van der Waals surface area (Å²) in [7, 11) is 0. The van der Waals surface area contributed by atoms with Crippen molar-refractivity contribution in [1.29, 1.82) is 0 Å². The molecule has 0 aromatic heterocycles. The van der Waals surface area contributed by atoms with Gasteiger partial charge in [-0.3, -0.25) is 0 Å². The molecule has 0 aliphatic heterocycles. The molecule has 0 bridgehead atoms. The number of aliphatic hydroxyl groups excluding tert-OH is 1. The summed E-state index contributed by atoms with van der Waals surface area (Å²) in [5, 5.41) is 9.49. The van der Waals surface area contributed by atoms with E-state index in [0.29, 0.717) is 5.92 Å². The van der Waals surface area contributed by atoms with E-state index in [1.54, 1.807) is 11.1 Å². The topological polar surface area (TPSA) is 46.2 Å². The molecule has 24 heavy (non-hydrogen) atoms. The number of hydrogen-bond donors (Lipinski definition) is 2. The van der Waals surface area contributed by atoms with Gasteiger partial charge >= 0.3 is 0 Å². The van der Waals surface area contributed by atoms with E-state index < -0.39 is 0 Å². The van der Waals surface area contributed by atoms with Crippen molar-refractivity contribution >= 4 is 11.8 Å². The smallest absolute Gasteiger partial charge is 0.0611 e. The number of rotatable bonds is 7. The molecule has 0 heterocycles. The van der Waals surface area contributed by atoms with Gasteiger partial charge in [0, 0.05) is 5.54 Å². The highest BCUT2D eigenvalue weighted by Crippen LogP contribution is 2.40. The van der Waals surface area contributed by atoms with Crippen molar-refractivity contribution in [2.75, 3.05) is 18.1 Å². The van der Waals surface area contributed by atoms with Gasteiger partial charge in [-0.1, -0.05) is 25.1 Å². The largest absolute Gasteiger partial charge is 0.394 e. The van der Waals surface area contributed by atoms with E-state index in [2.05, 4.69) is 36.9 Å². The van der Waals surface area contributed by atoms with E-state index in [4.69, 9.17) is 5.73 Å². The van der Waals surface area contributed by atoms with Gasteiger partial charge in [0.25, 0.3) is 0 Å². The van der Waals surface area contributed by atoms with Gasteiger partial charge in [0.2, 0.25) is 0 Å². The van der Waals surface area contributed by atoms with Gasteiger partial charge in [-0.25, -0.2) is 0 Å². The lowest BCUT2D eigenvalue weighted by molar-refractivity contribution is 0.198. The van der Waals surface area contributed by atoms with E-state index in [0.717, 1.165) is 25.2 Å². The summed E-state index contributed by atoms with van der Waals surface area (Å²) in [6, 6.07) is 7.17. The average Bonchev–Trinajstić information content (AvgIpc) is 3.01. The maximum absolute atomic E-state index is 9.49. The number of aliphatic hydroxyl groups is 1. The SMILES string of the molecule is CCSCCC[C@H]1CCc2cc([C@H]3CC[C@](N)(CO)C3)ccc2C1. The van der Waals surface area contributed by atoms with Crippen LogP contribution < -0.4 is 5.73 Å². The maximum atomic E-state index is 9.49. The van der Waals surface area contributed by atoms with E-state index in [1.807, 2.05) is 0 Å². The van der Waals surface area contributed by atoms with Gasteiger partial charge in [0.1, 0.15) is 0 Å². The van der Waals surface area contributed by atoms with Gasteiger partial charge < -0.3 is 10.8 Å². The first-order chi connectivity index (χ1) is 11.6. The highest BCUT2D eigenvalue weighted by Gasteiger charge is 2.36. The second kappa shape index (κ2) is 8.25. The van der Waals surface area contributed by atoms with Gasteiger partial charge in [-0.2, -0.15) is 11.8 Å². The zero-order valence-electron chi connectivity index (χ0n) is 15.1. The Labute approximate surface area is 151 Å². The molecule has 0 spiro atoms. The fourth-order valence-corrected chi connectivity index (χ4v) is 5.21. The predicted octanol–water partition coefficient (Wildman–Crippen LogP) is 4.28. The lowest BCUT2D eigenvalue weighted by Gasteiger charge is -2.26. The average molecular weight is 348 g/mol. The van der Waals surface area contributed by atoms with E-state index in [9.17, 15) is 5.11 Å². The summed E-state index contributed by atoms with van der Waals surface area (Å²) in [4.78, 5) is 0. The molecule has 134 valence electrons. The number of hydrogen-bond acceptors (Lipinski definition) is 3. The van der Waals surface area contributed by atoms with Gasteiger partial charge in [0.15, 0.2) is 0 Å². The molecule has 3 rings (SSSR count). The Bertz CT molecular complexity index is 547. The minimum Gasteiger partial charge on any atom is -0.394 e. The molecule has 1 saturated carbocycles. The number of nitrogens with two attached hydrogens (primary N) is 1. The molecule has 0 unspecified atom stereocenters. The van der Waals surface area contributed by atoms with Crippen molar-refractivity contribution < 1.29 is 5.11 Å². The van der Waals surface area contributed by atoms with Crippen LogP contribution in [-0.4, -0.2) is 28.8 Å². The normalized spacial score (nSPS) is 29.6. The lowest BCUT2D eigenvalue weighted by Crippen LogP contribution is -2.40. The summed E-state index contributed by atoms with van der Waals surface area (Å²) in [5.41, 5.74) is 10.5. The predicted molar refractivity (Wildman–Crippen MR) is 105 cm³/mol. The summed E-state index contributed by atoms with van der Waals surface area (Å²) in [6.45, 7) is 2.37. The number of benzene rings is 1. The van der Waals surface area contributed by atoms with Crippen molar-refractivity contribution in [1.82, 2.24) is 0 Å².